The van der Waals surface area contributed by atoms with Gasteiger partial charge >= 0.3 is 0 Å². The van der Waals surface area contributed by atoms with Crippen molar-refractivity contribution in [1.29, 1.82) is 0 Å². The summed E-state index contributed by atoms with van der Waals surface area (Å²) < 4.78 is 5.62. The molecule has 1 heterocycles. The highest BCUT2D eigenvalue weighted by Gasteiger charge is 2.15. The predicted molar refractivity (Wildman–Crippen MR) is 82.1 cm³/mol. The Morgan fingerprint density at radius 2 is 1.95 bits per heavy atom. The molecule has 0 radical (unpaired) electrons. The van der Waals surface area contributed by atoms with Crippen molar-refractivity contribution in [3.63, 3.8) is 0 Å². The molecule has 0 aliphatic carbocycles. The number of nitrogens with zero attached hydrogens (tertiary/aromatic N) is 1. The normalized spacial score (nSPS) is 12.2. The fourth-order valence-electron chi connectivity index (χ4n) is 2.24. The Labute approximate surface area is 121 Å². The SMILES string of the molecule is CCCOc1ccc(C(NC)c2ncccc2C)cc1. The summed E-state index contributed by atoms with van der Waals surface area (Å²) in [5.74, 6) is 0.920. The molecule has 0 saturated heterocycles. The van der Waals surface area contributed by atoms with Crippen molar-refractivity contribution in [2.24, 2.45) is 0 Å². The second-order valence-corrected chi connectivity index (χ2v) is 4.84. The van der Waals surface area contributed by atoms with Crippen molar-refractivity contribution in [2.45, 2.75) is 26.3 Å². The van der Waals surface area contributed by atoms with E-state index in [9.17, 15) is 0 Å². The van der Waals surface area contributed by atoms with E-state index >= 15 is 0 Å². The van der Waals surface area contributed by atoms with Crippen LogP contribution in [0.5, 0.6) is 5.75 Å². The van der Waals surface area contributed by atoms with Gasteiger partial charge in [-0.25, -0.2) is 0 Å². The molecular formula is C17H22N2O. The standard InChI is InChI=1S/C17H22N2O/c1-4-12-20-15-9-7-14(8-10-15)17(18-3)16-13(2)6-5-11-19-16/h5-11,17-18H,4,12H2,1-3H3. The van der Waals surface area contributed by atoms with Crippen LogP contribution in [-0.4, -0.2) is 18.6 Å². The van der Waals surface area contributed by atoms with Crippen LogP contribution in [0, 0.1) is 6.92 Å². The maximum atomic E-state index is 5.62. The van der Waals surface area contributed by atoms with E-state index in [2.05, 4.69) is 42.3 Å². The number of hydrogen-bond acceptors (Lipinski definition) is 3. The number of nitrogens with one attached hydrogen (secondary N) is 1. The zero-order chi connectivity index (χ0) is 14.4. The van der Waals surface area contributed by atoms with Crippen LogP contribution in [0.1, 0.15) is 36.2 Å². The van der Waals surface area contributed by atoms with Crippen molar-refractivity contribution >= 4 is 0 Å². The minimum absolute atomic E-state index is 0.108. The van der Waals surface area contributed by atoms with Gasteiger partial charge in [-0.05, 0) is 49.7 Å². The molecule has 106 valence electrons. The summed E-state index contributed by atoms with van der Waals surface area (Å²) in [6, 6.07) is 12.4. The number of pyridine rings is 1. The van der Waals surface area contributed by atoms with E-state index in [4.69, 9.17) is 4.74 Å². The number of aromatic nitrogens is 1. The maximum absolute atomic E-state index is 5.62. The van der Waals surface area contributed by atoms with Crippen molar-refractivity contribution in [2.75, 3.05) is 13.7 Å². The van der Waals surface area contributed by atoms with Crippen LogP contribution in [0.4, 0.5) is 0 Å². The Morgan fingerprint density at radius 1 is 1.20 bits per heavy atom. The molecule has 1 aromatic carbocycles. The number of benzene rings is 1. The van der Waals surface area contributed by atoms with E-state index in [0.717, 1.165) is 24.5 Å². The van der Waals surface area contributed by atoms with E-state index in [-0.39, 0.29) is 6.04 Å². The highest BCUT2D eigenvalue weighted by molar-refractivity contribution is 5.35. The quantitative estimate of drug-likeness (QED) is 0.872. The molecule has 0 aliphatic rings. The summed E-state index contributed by atoms with van der Waals surface area (Å²) in [6.07, 6.45) is 2.86. The molecular weight excluding hydrogens is 248 g/mol. The first-order valence-corrected chi connectivity index (χ1v) is 7.07. The van der Waals surface area contributed by atoms with Crippen molar-refractivity contribution in [3.05, 3.63) is 59.4 Å². The number of ether oxygens (including phenoxy) is 1. The lowest BCUT2D eigenvalue weighted by Gasteiger charge is -2.18. The lowest BCUT2D eigenvalue weighted by atomic mass is 10.00. The Kier molecular flexibility index (Phi) is 5.13. The van der Waals surface area contributed by atoms with E-state index in [1.807, 2.05) is 31.4 Å². The monoisotopic (exact) mass is 270 g/mol. The third-order valence-corrected chi connectivity index (χ3v) is 3.30. The molecule has 0 spiro atoms. The first-order valence-electron chi connectivity index (χ1n) is 7.07. The van der Waals surface area contributed by atoms with Gasteiger partial charge < -0.3 is 10.1 Å². The van der Waals surface area contributed by atoms with Gasteiger partial charge in [0.05, 0.1) is 18.3 Å². The average molecular weight is 270 g/mol. The minimum Gasteiger partial charge on any atom is -0.494 e. The molecule has 2 aromatic rings. The molecule has 1 aromatic heterocycles. The molecule has 0 fully saturated rings. The largest absolute Gasteiger partial charge is 0.494 e. The van der Waals surface area contributed by atoms with Crippen LogP contribution in [0.3, 0.4) is 0 Å². The molecule has 0 bridgehead atoms. The highest BCUT2D eigenvalue weighted by Crippen LogP contribution is 2.24. The molecule has 1 unspecified atom stereocenters. The second-order valence-electron chi connectivity index (χ2n) is 4.84. The summed E-state index contributed by atoms with van der Waals surface area (Å²) in [6.45, 7) is 4.95. The lowest BCUT2D eigenvalue weighted by Crippen LogP contribution is -2.19. The summed E-state index contributed by atoms with van der Waals surface area (Å²) >= 11 is 0. The topological polar surface area (TPSA) is 34.1 Å². The van der Waals surface area contributed by atoms with E-state index in [1.165, 1.54) is 11.1 Å². The van der Waals surface area contributed by atoms with Gasteiger partial charge in [0.25, 0.3) is 0 Å². The summed E-state index contributed by atoms with van der Waals surface area (Å²) in [5, 5.41) is 3.33. The zero-order valence-electron chi connectivity index (χ0n) is 12.4. The number of aryl methyl sites for hydroxylation is 1. The number of hydrogen-bond donors (Lipinski definition) is 1. The average Bonchev–Trinajstić information content (AvgIpc) is 2.49. The molecule has 3 nitrogen and oxygen atoms in total. The first-order chi connectivity index (χ1) is 9.76. The minimum atomic E-state index is 0.108. The number of rotatable bonds is 6. The first kappa shape index (κ1) is 14.5. The Hall–Kier alpha value is -1.87. The molecule has 1 atom stereocenters. The predicted octanol–water partition coefficient (Wildman–Crippen LogP) is 3.49. The summed E-state index contributed by atoms with van der Waals surface area (Å²) in [7, 11) is 1.96. The fourth-order valence-corrected chi connectivity index (χ4v) is 2.24. The van der Waals surface area contributed by atoms with E-state index in [0.29, 0.717) is 0 Å². The smallest absolute Gasteiger partial charge is 0.119 e. The van der Waals surface area contributed by atoms with Crippen LogP contribution < -0.4 is 10.1 Å². The van der Waals surface area contributed by atoms with Crippen LogP contribution in [0.2, 0.25) is 0 Å². The summed E-state index contributed by atoms with van der Waals surface area (Å²) in [5.41, 5.74) is 3.45. The van der Waals surface area contributed by atoms with Crippen molar-refractivity contribution in [1.82, 2.24) is 10.3 Å². The van der Waals surface area contributed by atoms with Crippen LogP contribution >= 0.6 is 0 Å². The van der Waals surface area contributed by atoms with Crippen LogP contribution in [-0.2, 0) is 0 Å². The Balaban J connectivity index is 2.22. The van der Waals surface area contributed by atoms with Crippen LogP contribution in [0.25, 0.3) is 0 Å². The van der Waals surface area contributed by atoms with E-state index in [1.54, 1.807) is 0 Å². The van der Waals surface area contributed by atoms with E-state index < -0.39 is 0 Å². The van der Waals surface area contributed by atoms with Gasteiger partial charge in [-0.15, -0.1) is 0 Å². The highest BCUT2D eigenvalue weighted by atomic mass is 16.5. The van der Waals surface area contributed by atoms with Gasteiger partial charge in [0, 0.05) is 6.20 Å². The third-order valence-electron chi connectivity index (χ3n) is 3.30. The molecule has 2 rings (SSSR count). The lowest BCUT2D eigenvalue weighted by molar-refractivity contribution is 0.317. The third kappa shape index (κ3) is 3.36. The summed E-state index contributed by atoms with van der Waals surface area (Å²) in [4.78, 5) is 4.50. The van der Waals surface area contributed by atoms with Crippen LogP contribution in [0.15, 0.2) is 42.6 Å². The molecule has 0 saturated carbocycles. The Bertz CT molecular complexity index is 537. The molecule has 0 aliphatic heterocycles. The molecule has 3 heteroatoms. The van der Waals surface area contributed by atoms with Gasteiger partial charge in [0.15, 0.2) is 0 Å². The second kappa shape index (κ2) is 7.06. The van der Waals surface area contributed by atoms with Gasteiger partial charge in [-0.3, -0.25) is 4.98 Å². The maximum Gasteiger partial charge on any atom is 0.119 e. The molecule has 20 heavy (non-hydrogen) atoms. The van der Waals surface area contributed by atoms with Gasteiger partial charge in [-0.1, -0.05) is 25.1 Å². The molecule has 1 N–H and O–H groups in total. The Morgan fingerprint density at radius 3 is 2.55 bits per heavy atom. The van der Waals surface area contributed by atoms with Gasteiger partial charge in [-0.2, -0.15) is 0 Å². The fraction of sp³-hybridized carbons (Fsp3) is 0.353. The van der Waals surface area contributed by atoms with Gasteiger partial charge in [0.1, 0.15) is 5.75 Å². The zero-order valence-corrected chi connectivity index (χ0v) is 12.4. The van der Waals surface area contributed by atoms with Crippen molar-refractivity contribution < 1.29 is 4.74 Å². The molecule has 0 amide bonds. The van der Waals surface area contributed by atoms with Crippen molar-refractivity contribution in [3.8, 4) is 5.75 Å². The van der Waals surface area contributed by atoms with Gasteiger partial charge in [0.2, 0.25) is 0 Å².